The Morgan fingerprint density at radius 3 is 2.79 bits per heavy atom. The van der Waals surface area contributed by atoms with Crippen LogP contribution >= 0.6 is 11.8 Å². The van der Waals surface area contributed by atoms with E-state index in [1.54, 1.807) is 0 Å². The molecule has 80 valence electrons. The lowest BCUT2D eigenvalue weighted by molar-refractivity contribution is 0.171. The lowest BCUT2D eigenvalue weighted by Crippen LogP contribution is -2.43. The van der Waals surface area contributed by atoms with Crippen molar-refractivity contribution in [2.24, 2.45) is 11.8 Å². The quantitative estimate of drug-likeness (QED) is 0.535. The van der Waals surface area contributed by atoms with E-state index >= 15 is 0 Å². The second kappa shape index (κ2) is 6.37. The monoisotopic (exact) mass is 211 g/mol. The summed E-state index contributed by atoms with van der Waals surface area (Å²) in [5, 5.41) is 3.57. The van der Waals surface area contributed by atoms with Crippen LogP contribution in [0.5, 0.6) is 0 Å². The van der Waals surface area contributed by atoms with Crippen LogP contribution in [-0.2, 0) is 0 Å². The zero-order valence-electron chi connectivity index (χ0n) is 9.25. The van der Waals surface area contributed by atoms with Crippen LogP contribution in [0.1, 0.15) is 26.7 Å². The molecule has 0 heterocycles. The van der Waals surface area contributed by atoms with E-state index in [9.17, 15) is 0 Å². The summed E-state index contributed by atoms with van der Waals surface area (Å²) in [6.07, 6.45) is 7.91. The van der Waals surface area contributed by atoms with Crippen LogP contribution in [0.2, 0.25) is 0 Å². The first kappa shape index (κ1) is 11.9. The molecule has 1 N–H and O–H groups in total. The molecule has 1 nitrogen and oxygen atoms in total. The van der Waals surface area contributed by atoms with E-state index in [1.807, 2.05) is 11.8 Å². The molecule has 0 radical (unpaired) electrons. The van der Waals surface area contributed by atoms with E-state index in [2.05, 4.69) is 25.1 Å². The van der Waals surface area contributed by atoms with Crippen molar-refractivity contribution in [2.45, 2.75) is 32.7 Å². The van der Waals surface area contributed by atoms with E-state index in [1.165, 1.54) is 12.8 Å². The van der Waals surface area contributed by atoms with Crippen LogP contribution in [-0.4, -0.2) is 24.1 Å². The molecule has 2 heteroatoms. The second-order valence-corrected chi connectivity index (χ2v) is 5.49. The summed E-state index contributed by atoms with van der Waals surface area (Å²) in [4.78, 5) is 0. The summed E-state index contributed by atoms with van der Waals surface area (Å²) < 4.78 is 0. The third kappa shape index (κ3) is 3.94. The first-order valence-corrected chi connectivity index (χ1v) is 6.64. The van der Waals surface area contributed by atoms with E-state index in [4.69, 9.17) is 6.42 Å². The summed E-state index contributed by atoms with van der Waals surface area (Å²) in [5.74, 6) is 6.46. The Morgan fingerprint density at radius 2 is 2.21 bits per heavy atom. The zero-order valence-corrected chi connectivity index (χ0v) is 10.1. The van der Waals surface area contributed by atoms with Gasteiger partial charge in [-0.2, -0.15) is 0 Å². The van der Waals surface area contributed by atoms with Crippen molar-refractivity contribution >= 4 is 11.8 Å². The Balaban J connectivity index is 1.89. The fraction of sp³-hybridized carbons (Fsp3) is 0.833. The standard InChI is InChI=1S/C12H21NS/c1-4-6-14-7-5-13-12-8-11(9-12)10(2)3/h1,10-13H,5-9H2,2-3H3. The zero-order chi connectivity index (χ0) is 10.4. The molecule has 14 heavy (non-hydrogen) atoms. The van der Waals surface area contributed by atoms with Crippen LogP contribution < -0.4 is 5.32 Å². The molecule has 0 aromatic rings. The van der Waals surface area contributed by atoms with Crippen molar-refractivity contribution in [3.05, 3.63) is 0 Å². The fourth-order valence-electron chi connectivity index (χ4n) is 1.84. The summed E-state index contributed by atoms with van der Waals surface area (Å²) in [6.45, 7) is 5.76. The third-order valence-corrected chi connectivity index (χ3v) is 3.85. The molecule has 1 saturated carbocycles. The highest BCUT2D eigenvalue weighted by Gasteiger charge is 2.30. The second-order valence-electron chi connectivity index (χ2n) is 4.38. The average Bonchev–Trinajstić information content (AvgIpc) is 2.06. The normalized spacial score (nSPS) is 25.9. The van der Waals surface area contributed by atoms with Gasteiger partial charge in [0.15, 0.2) is 0 Å². The highest BCUT2D eigenvalue weighted by atomic mass is 32.2. The van der Waals surface area contributed by atoms with E-state index in [-0.39, 0.29) is 0 Å². The van der Waals surface area contributed by atoms with Crippen molar-refractivity contribution in [1.29, 1.82) is 0 Å². The van der Waals surface area contributed by atoms with Gasteiger partial charge in [0, 0.05) is 18.3 Å². The van der Waals surface area contributed by atoms with Crippen molar-refractivity contribution in [2.75, 3.05) is 18.1 Å². The third-order valence-electron chi connectivity index (χ3n) is 2.98. The number of nitrogens with one attached hydrogen (secondary N) is 1. The van der Waals surface area contributed by atoms with Gasteiger partial charge in [-0.25, -0.2) is 0 Å². The maximum Gasteiger partial charge on any atom is 0.0545 e. The predicted molar refractivity (Wildman–Crippen MR) is 65.5 cm³/mol. The summed E-state index contributed by atoms with van der Waals surface area (Å²) in [5.41, 5.74) is 0. The largest absolute Gasteiger partial charge is 0.313 e. The molecule has 0 atom stereocenters. The Hall–Kier alpha value is -0.130. The van der Waals surface area contributed by atoms with Crippen LogP contribution in [0.4, 0.5) is 0 Å². The number of hydrogen-bond donors (Lipinski definition) is 1. The Kier molecular flexibility index (Phi) is 5.44. The molecule has 1 aliphatic carbocycles. The first-order chi connectivity index (χ1) is 6.74. The topological polar surface area (TPSA) is 12.0 Å². The molecule has 1 rings (SSSR count). The minimum Gasteiger partial charge on any atom is -0.313 e. The number of thioether (sulfide) groups is 1. The number of rotatable bonds is 6. The predicted octanol–water partition coefficient (Wildman–Crippen LogP) is 2.38. The minimum atomic E-state index is 0.786. The van der Waals surface area contributed by atoms with E-state index in [0.29, 0.717) is 0 Å². The minimum absolute atomic E-state index is 0.786. The van der Waals surface area contributed by atoms with Crippen LogP contribution in [0.3, 0.4) is 0 Å². The number of terminal acetylenes is 1. The van der Waals surface area contributed by atoms with Gasteiger partial charge in [-0.05, 0) is 24.7 Å². The highest BCUT2D eigenvalue weighted by molar-refractivity contribution is 7.99. The van der Waals surface area contributed by atoms with Crippen molar-refractivity contribution < 1.29 is 0 Å². The molecule has 0 bridgehead atoms. The van der Waals surface area contributed by atoms with Gasteiger partial charge in [0.2, 0.25) is 0 Å². The lowest BCUT2D eigenvalue weighted by atomic mass is 9.74. The van der Waals surface area contributed by atoms with Gasteiger partial charge in [0.1, 0.15) is 0 Å². The van der Waals surface area contributed by atoms with E-state index in [0.717, 1.165) is 35.9 Å². The first-order valence-electron chi connectivity index (χ1n) is 5.48. The van der Waals surface area contributed by atoms with Crippen molar-refractivity contribution in [3.8, 4) is 12.3 Å². The van der Waals surface area contributed by atoms with Gasteiger partial charge < -0.3 is 5.32 Å². The molecule has 0 spiro atoms. The molecule has 0 saturated heterocycles. The van der Waals surface area contributed by atoms with Gasteiger partial charge in [-0.15, -0.1) is 18.2 Å². The molecule has 0 amide bonds. The van der Waals surface area contributed by atoms with Crippen LogP contribution in [0.15, 0.2) is 0 Å². The molecule has 0 aromatic carbocycles. The van der Waals surface area contributed by atoms with Crippen LogP contribution in [0.25, 0.3) is 0 Å². The Bertz CT molecular complexity index is 189. The summed E-state index contributed by atoms with van der Waals surface area (Å²) in [7, 11) is 0. The van der Waals surface area contributed by atoms with Gasteiger partial charge in [0.25, 0.3) is 0 Å². The van der Waals surface area contributed by atoms with E-state index < -0.39 is 0 Å². The van der Waals surface area contributed by atoms with Gasteiger partial charge in [-0.1, -0.05) is 19.8 Å². The molecule has 1 fully saturated rings. The van der Waals surface area contributed by atoms with Crippen LogP contribution in [0, 0.1) is 24.2 Å². The van der Waals surface area contributed by atoms with Crippen molar-refractivity contribution in [1.82, 2.24) is 5.32 Å². The molecule has 0 aliphatic heterocycles. The van der Waals surface area contributed by atoms with Gasteiger partial charge >= 0.3 is 0 Å². The lowest BCUT2D eigenvalue weighted by Gasteiger charge is -2.38. The van der Waals surface area contributed by atoms with Gasteiger partial charge in [0.05, 0.1) is 5.75 Å². The Morgan fingerprint density at radius 1 is 1.50 bits per heavy atom. The summed E-state index contributed by atoms with van der Waals surface area (Å²) in [6, 6.07) is 0.786. The average molecular weight is 211 g/mol. The summed E-state index contributed by atoms with van der Waals surface area (Å²) >= 11 is 1.84. The highest BCUT2D eigenvalue weighted by Crippen LogP contribution is 2.33. The molecule has 1 aliphatic rings. The Labute approximate surface area is 92.4 Å². The molecule has 0 aromatic heterocycles. The molecular formula is C12H21NS. The molecular weight excluding hydrogens is 190 g/mol. The maximum atomic E-state index is 5.17. The van der Waals surface area contributed by atoms with Crippen molar-refractivity contribution in [3.63, 3.8) is 0 Å². The molecule has 0 unspecified atom stereocenters. The SMILES string of the molecule is C#CCSCCNC1CC(C(C)C)C1. The fourth-order valence-corrected chi connectivity index (χ4v) is 2.36. The smallest absolute Gasteiger partial charge is 0.0545 e. The maximum absolute atomic E-state index is 5.17. The number of hydrogen-bond acceptors (Lipinski definition) is 2. The van der Waals surface area contributed by atoms with Gasteiger partial charge in [-0.3, -0.25) is 0 Å².